The number of nitrogens with zero attached hydrogens (tertiary/aromatic N) is 2. The summed E-state index contributed by atoms with van der Waals surface area (Å²) in [7, 11) is 1.44. The molecule has 0 unspecified atom stereocenters. The summed E-state index contributed by atoms with van der Waals surface area (Å²) in [6.45, 7) is 1.64. The fourth-order valence-corrected chi connectivity index (χ4v) is 1.81. The van der Waals surface area contributed by atoms with Crippen LogP contribution in [0.2, 0.25) is 0 Å². The number of carbonyl (C=O) groups is 1. The minimum Gasteiger partial charge on any atom is -0.480 e. The smallest absolute Gasteiger partial charge is 0.267 e. The molecule has 1 amide bonds. The third kappa shape index (κ3) is 3.59. The minimum atomic E-state index is -0.375. The van der Waals surface area contributed by atoms with E-state index >= 15 is 0 Å². The number of nitrogens with two attached hydrogens (primary N) is 1. The third-order valence-electron chi connectivity index (χ3n) is 2.87. The highest BCUT2D eigenvalue weighted by Crippen LogP contribution is 2.17. The Hall–Kier alpha value is -2.83. The van der Waals surface area contributed by atoms with E-state index in [0.29, 0.717) is 11.4 Å². The summed E-state index contributed by atoms with van der Waals surface area (Å²) in [5.41, 5.74) is 7.38. The van der Waals surface area contributed by atoms with Crippen molar-refractivity contribution in [3.8, 4) is 5.88 Å². The van der Waals surface area contributed by atoms with E-state index in [0.717, 1.165) is 10.2 Å². The van der Waals surface area contributed by atoms with Crippen molar-refractivity contribution in [2.75, 3.05) is 18.2 Å². The number of hydrogen-bond donors (Lipinski definition) is 2. The van der Waals surface area contributed by atoms with Crippen molar-refractivity contribution >= 4 is 17.3 Å². The van der Waals surface area contributed by atoms with Gasteiger partial charge < -0.3 is 15.8 Å². The maximum atomic E-state index is 12.0. The lowest BCUT2D eigenvalue weighted by Crippen LogP contribution is -2.29. The zero-order valence-electron chi connectivity index (χ0n) is 11.8. The number of carbonyl (C=O) groups excluding carboxylic acids is 1. The number of aryl methyl sites for hydroxylation is 1. The molecule has 0 saturated carbocycles. The maximum absolute atomic E-state index is 12.0. The highest BCUT2D eigenvalue weighted by molar-refractivity contribution is 5.91. The fraction of sp³-hybridized carbons (Fsp3) is 0.214. The lowest BCUT2D eigenvalue weighted by atomic mass is 10.2. The van der Waals surface area contributed by atoms with E-state index in [-0.39, 0.29) is 23.9 Å². The minimum absolute atomic E-state index is 0.195. The molecule has 0 saturated heterocycles. The van der Waals surface area contributed by atoms with Gasteiger partial charge in [-0.05, 0) is 30.7 Å². The Balaban J connectivity index is 2.13. The number of benzene rings is 1. The maximum Gasteiger partial charge on any atom is 0.267 e. The number of rotatable bonds is 4. The zero-order chi connectivity index (χ0) is 15.4. The molecule has 1 heterocycles. The number of methoxy groups -OCH3 is 1. The van der Waals surface area contributed by atoms with Gasteiger partial charge in [-0.3, -0.25) is 9.59 Å². The fourth-order valence-electron chi connectivity index (χ4n) is 1.81. The van der Waals surface area contributed by atoms with E-state index in [4.69, 9.17) is 10.5 Å². The van der Waals surface area contributed by atoms with E-state index in [1.54, 1.807) is 18.2 Å². The van der Waals surface area contributed by atoms with E-state index in [1.165, 1.54) is 19.2 Å². The van der Waals surface area contributed by atoms with Crippen molar-refractivity contribution in [2.24, 2.45) is 0 Å². The van der Waals surface area contributed by atoms with Crippen molar-refractivity contribution in [3.63, 3.8) is 0 Å². The quantitative estimate of drug-likeness (QED) is 0.810. The second-order valence-electron chi connectivity index (χ2n) is 4.49. The Bertz CT molecular complexity index is 724. The molecule has 0 spiro atoms. The van der Waals surface area contributed by atoms with Gasteiger partial charge in [-0.2, -0.15) is 0 Å². The number of nitrogen functional groups attached to an aromatic ring is 1. The van der Waals surface area contributed by atoms with Gasteiger partial charge >= 0.3 is 0 Å². The second kappa shape index (κ2) is 6.08. The summed E-state index contributed by atoms with van der Waals surface area (Å²) < 4.78 is 5.97. The first-order chi connectivity index (χ1) is 9.99. The molecule has 0 aliphatic rings. The van der Waals surface area contributed by atoms with Gasteiger partial charge in [-0.25, -0.2) is 4.68 Å². The van der Waals surface area contributed by atoms with Crippen LogP contribution in [-0.4, -0.2) is 22.8 Å². The van der Waals surface area contributed by atoms with E-state index < -0.39 is 0 Å². The second-order valence-corrected chi connectivity index (χ2v) is 4.49. The molecule has 0 atom stereocenters. The van der Waals surface area contributed by atoms with Gasteiger partial charge in [-0.15, -0.1) is 5.10 Å². The summed E-state index contributed by atoms with van der Waals surface area (Å²) in [6, 6.07) is 7.91. The molecule has 1 aromatic heterocycles. The van der Waals surface area contributed by atoms with Crippen LogP contribution in [0.4, 0.5) is 11.4 Å². The molecule has 0 aliphatic carbocycles. The molecular weight excluding hydrogens is 272 g/mol. The molecular formula is C14H16N4O3. The molecule has 0 bridgehead atoms. The van der Waals surface area contributed by atoms with Crippen molar-refractivity contribution in [1.82, 2.24) is 9.78 Å². The van der Waals surface area contributed by atoms with Gasteiger partial charge in [0.1, 0.15) is 6.54 Å². The van der Waals surface area contributed by atoms with Crippen LogP contribution in [0.5, 0.6) is 5.88 Å². The summed E-state index contributed by atoms with van der Waals surface area (Å²) in [5.74, 6) is -0.0863. The SMILES string of the molecule is COc1ccc(=O)n(CC(=O)Nc2ccc(N)cc2C)n1. The first kappa shape index (κ1) is 14.6. The molecule has 7 nitrogen and oxygen atoms in total. The van der Waals surface area contributed by atoms with Crippen LogP contribution in [0.25, 0.3) is 0 Å². The number of aromatic nitrogens is 2. The van der Waals surface area contributed by atoms with Gasteiger partial charge in [0.2, 0.25) is 11.8 Å². The summed E-state index contributed by atoms with van der Waals surface area (Å²) in [4.78, 5) is 23.6. The van der Waals surface area contributed by atoms with E-state index in [2.05, 4.69) is 10.4 Å². The molecule has 1 aromatic carbocycles. The van der Waals surface area contributed by atoms with Crippen molar-refractivity contribution in [1.29, 1.82) is 0 Å². The summed E-state index contributed by atoms with van der Waals surface area (Å²) in [5, 5.41) is 6.63. The molecule has 110 valence electrons. The number of nitrogens with one attached hydrogen (secondary N) is 1. The molecule has 7 heteroatoms. The average molecular weight is 288 g/mol. The summed E-state index contributed by atoms with van der Waals surface area (Å²) >= 11 is 0. The molecule has 3 N–H and O–H groups in total. The Morgan fingerprint density at radius 2 is 2.14 bits per heavy atom. The molecule has 2 aromatic rings. The van der Waals surface area contributed by atoms with Crippen LogP contribution in [-0.2, 0) is 11.3 Å². The highest BCUT2D eigenvalue weighted by Gasteiger charge is 2.09. The lowest BCUT2D eigenvalue weighted by molar-refractivity contribution is -0.117. The number of anilines is 2. The van der Waals surface area contributed by atoms with Crippen LogP contribution >= 0.6 is 0 Å². The van der Waals surface area contributed by atoms with Gasteiger partial charge in [0, 0.05) is 23.5 Å². The first-order valence-electron chi connectivity index (χ1n) is 6.28. The number of hydrogen-bond acceptors (Lipinski definition) is 5. The molecule has 21 heavy (non-hydrogen) atoms. The topological polar surface area (TPSA) is 99.2 Å². The Labute approximate surface area is 121 Å². The van der Waals surface area contributed by atoms with Crippen LogP contribution in [0.15, 0.2) is 35.1 Å². The Morgan fingerprint density at radius 1 is 1.38 bits per heavy atom. The van der Waals surface area contributed by atoms with Crippen molar-refractivity contribution in [2.45, 2.75) is 13.5 Å². The van der Waals surface area contributed by atoms with Gasteiger partial charge in [0.25, 0.3) is 5.56 Å². The third-order valence-corrected chi connectivity index (χ3v) is 2.87. The molecule has 2 rings (SSSR count). The van der Waals surface area contributed by atoms with Crippen molar-refractivity contribution < 1.29 is 9.53 Å². The number of ether oxygens (including phenoxy) is 1. The monoisotopic (exact) mass is 288 g/mol. The van der Waals surface area contributed by atoms with E-state index in [1.807, 2.05) is 6.92 Å². The predicted molar refractivity (Wildman–Crippen MR) is 79.3 cm³/mol. The molecule has 0 fully saturated rings. The van der Waals surface area contributed by atoms with Gasteiger partial charge in [0.05, 0.1) is 7.11 Å². The van der Waals surface area contributed by atoms with Crippen LogP contribution < -0.4 is 21.3 Å². The molecule has 0 radical (unpaired) electrons. The highest BCUT2D eigenvalue weighted by atomic mass is 16.5. The molecule has 0 aliphatic heterocycles. The lowest BCUT2D eigenvalue weighted by Gasteiger charge is -2.10. The van der Waals surface area contributed by atoms with Crippen LogP contribution in [0.1, 0.15) is 5.56 Å². The van der Waals surface area contributed by atoms with Gasteiger partial charge in [-0.1, -0.05) is 0 Å². The average Bonchev–Trinajstić information content (AvgIpc) is 2.44. The standard InChI is InChI=1S/C14H16N4O3/c1-9-7-10(15)3-4-11(9)16-12(19)8-18-14(20)6-5-13(17-18)21-2/h3-7H,8,15H2,1-2H3,(H,16,19). The van der Waals surface area contributed by atoms with Crippen LogP contribution in [0.3, 0.4) is 0 Å². The normalized spacial score (nSPS) is 10.2. The largest absolute Gasteiger partial charge is 0.480 e. The zero-order valence-corrected chi connectivity index (χ0v) is 11.8. The predicted octanol–water partition coefficient (Wildman–Crippen LogP) is 0.781. The Morgan fingerprint density at radius 3 is 2.81 bits per heavy atom. The van der Waals surface area contributed by atoms with Crippen LogP contribution in [0, 0.1) is 6.92 Å². The van der Waals surface area contributed by atoms with Gasteiger partial charge in [0.15, 0.2) is 0 Å². The van der Waals surface area contributed by atoms with Crippen molar-refractivity contribution in [3.05, 3.63) is 46.2 Å². The number of amides is 1. The summed E-state index contributed by atoms with van der Waals surface area (Å²) in [6.07, 6.45) is 0. The Kier molecular flexibility index (Phi) is 4.22. The first-order valence-corrected chi connectivity index (χ1v) is 6.28. The van der Waals surface area contributed by atoms with E-state index in [9.17, 15) is 9.59 Å².